The van der Waals surface area contributed by atoms with Gasteiger partial charge in [-0.1, -0.05) is 11.8 Å². The molecule has 0 unspecified atom stereocenters. The highest BCUT2D eigenvalue weighted by Gasteiger charge is 2.00. The van der Waals surface area contributed by atoms with Gasteiger partial charge in [0.25, 0.3) is 0 Å². The maximum absolute atomic E-state index is 3.05. The van der Waals surface area contributed by atoms with Crippen LogP contribution in [0.5, 0.6) is 0 Å². The molecule has 0 aliphatic heterocycles. The first-order valence-corrected chi connectivity index (χ1v) is 4.34. The topological polar surface area (TPSA) is 3.24 Å². The molecule has 10 heavy (non-hydrogen) atoms. The summed E-state index contributed by atoms with van der Waals surface area (Å²) in [5.74, 6) is 5.74. The summed E-state index contributed by atoms with van der Waals surface area (Å²) in [6, 6.07) is 0. The SMILES string of the molecule is CC#CP(C#CC)N(C)C. The quantitative estimate of drug-likeness (QED) is 0.411. The molecule has 0 aromatic carbocycles. The molecule has 0 rings (SSSR count). The zero-order valence-corrected chi connectivity index (χ0v) is 7.79. The summed E-state index contributed by atoms with van der Waals surface area (Å²) in [5.41, 5.74) is 6.10. The third-order valence-electron chi connectivity index (χ3n) is 0.835. The Morgan fingerprint density at radius 2 is 1.40 bits per heavy atom. The molecule has 2 heteroatoms. The Kier molecular flexibility index (Phi) is 5.05. The molecular formula is C8H12NP. The van der Waals surface area contributed by atoms with Crippen molar-refractivity contribution in [3.05, 3.63) is 0 Å². The van der Waals surface area contributed by atoms with Gasteiger partial charge >= 0.3 is 0 Å². The van der Waals surface area contributed by atoms with E-state index in [4.69, 9.17) is 0 Å². The lowest BCUT2D eigenvalue weighted by Crippen LogP contribution is -2.00. The Morgan fingerprint density at radius 3 is 1.60 bits per heavy atom. The molecule has 0 aliphatic rings. The van der Waals surface area contributed by atoms with Crippen LogP contribution in [0.2, 0.25) is 0 Å². The van der Waals surface area contributed by atoms with Crippen molar-refractivity contribution in [2.75, 3.05) is 14.1 Å². The summed E-state index contributed by atoms with van der Waals surface area (Å²) in [5, 5.41) is 0. The van der Waals surface area contributed by atoms with Gasteiger partial charge in [0, 0.05) is 0 Å². The lowest BCUT2D eigenvalue weighted by molar-refractivity contribution is 0.691. The summed E-state index contributed by atoms with van der Waals surface area (Å²) < 4.78 is 2.06. The van der Waals surface area contributed by atoms with E-state index in [1.54, 1.807) is 0 Å². The molecule has 1 nitrogen and oxygen atoms in total. The van der Waals surface area contributed by atoms with Gasteiger partial charge in [-0.15, -0.1) is 0 Å². The van der Waals surface area contributed by atoms with Crippen molar-refractivity contribution in [2.24, 2.45) is 0 Å². The monoisotopic (exact) mass is 153 g/mol. The average molecular weight is 153 g/mol. The fourth-order valence-corrected chi connectivity index (χ4v) is 1.32. The molecule has 0 fully saturated rings. The first kappa shape index (κ1) is 9.51. The van der Waals surface area contributed by atoms with Crippen molar-refractivity contribution >= 4 is 8.07 Å². The third kappa shape index (κ3) is 3.52. The van der Waals surface area contributed by atoms with Gasteiger partial charge in [0.05, 0.1) is 0 Å². The van der Waals surface area contributed by atoms with E-state index in [1.165, 1.54) is 0 Å². The second kappa shape index (κ2) is 5.31. The molecule has 0 spiro atoms. The summed E-state index contributed by atoms with van der Waals surface area (Å²) in [7, 11) is 3.49. The van der Waals surface area contributed by atoms with Crippen molar-refractivity contribution in [3.8, 4) is 23.2 Å². The van der Waals surface area contributed by atoms with Crippen LogP contribution in [-0.2, 0) is 0 Å². The van der Waals surface area contributed by atoms with Crippen LogP contribution in [0.3, 0.4) is 0 Å². The fraction of sp³-hybridized carbons (Fsp3) is 0.500. The molecule has 0 bridgehead atoms. The maximum atomic E-state index is 3.05. The maximum Gasteiger partial charge on any atom is 0.123 e. The van der Waals surface area contributed by atoms with Gasteiger partial charge in [0.1, 0.15) is 8.07 Å². The van der Waals surface area contributed by atoms with Crippen LogP contribution < -0.4 is 0 Å². The summed E-state index contributed by atoms with van der Waals surface area (Å²) >= 11 is 0. The first-order chi connectivity index (χ1) is 4.72. The van der Waals surface area contributed by atoms with Crippen LogP contribution >= 0.6 is 8.07 Å². The Hall–Kier alpha value is -0.490. The molecule has 0 heterocycles. The number of hydrogen-bond acceptors (Lipinski definition) is 1. The molecule has 0 aliphatic carbocycles. The lowest BCUT2D eigenvalue weighted by Gasteiger charge is -2.10. The van der Waals surface area contributed by atoms with E-state index < -0.39 is 8.07 Å². The van der Waals surface area contributed by atoms with E-state index in [0.29, 0.717) is 0 Å². The Balaban J connectivity index is 4.17. The van der Waals surface area contributed by atoms with Gasteiger partial charge in [-0.2, -0.15) is 0 Å². The Labute approximate surface area is 64.6 Å². The molecule has 0 saturated heterocycles. The molecule has 54 valence electrons. The zero-order valence-electron chi connectivity index (χ0n) is 6.89. The highest BCUT2D eigenvalue weighted by Crippen LogP contribution is 2.33. The van der Waals surface area contributed by atoms with Crippen LogP contribution in [-0.4, -0.2) is 18.8 Å². The highest BCUT2D eigenvalue weighted by molar-refractivity contribution is 7.65. The van der Waals surface area contributed by atoms with E-state index >= 15 is 0 Å². The van der Waals surface area contributed by atoms with E-state index in [1.807, 2.05) is 27.9 Å². The minimum absolute atomic E-state index is 0.509. The van der Waals surface area contributed by atoms with Crippen molar-refractivity contribution in [2.45, 2.75) is 13.8 Å². The van der Waals surface area contributed by atoms with Gasteiger partial charge in [0.15, 0.2) is 0 Å². The molecule has 0 saturated carbocycles. The molecule has 0 amide bonds. The third-order valence-corrected chi connectivity index (χ3v) is 2.51. The fourth-order valence-electron chi connectivity index (χ4n) is 0.440. The van der Waals surface area contributed by atoms with Crippen molar-refractivity contribution in [3.63, 3.8) is 0 Å². The summed E-state index contributed by atoms with van der Waals surface area (Å²) in [6.07, 6.45) is 0. The second-order valence-corrected chi connectivity index (χ2v) is 3.75. The number of rotatable bonds is 1. The minimum atomic E-state index is -0.509. The molecule has 0 radical (unpaired) electrons. The highest BCUT2D eigenvalue weighted by atomic mass is 31.1. The predicted octanol–water partition coefficient (Wildman–Crippen LogP) is 1.91. The number of nitrogens with zero attached hydrogens (tertiary/aromatic N) is 1. The van der Waals surface area contributed by atoms with Crippen LogP contribution in [0, 0.1) is 23.2 Å². The van der Waals surface area contributed by atoms with Gasteiger partial charge < -0.3 is 0 Å². The Bertz CT molecular complexity index is 179. The van der Waals surface area contributed by atoms with Crippen LogP contribution in [0.1, 0.15) is 13.8 Å². The molecule has 0 N–H and O–H groups in total. The van der Waals surface area contributed by atoms with Crippen molar-refractivity contribution in [1.82, 2.24) is 4.67 Å². The second-order valence-electron chi connectivity index (χ2n) is 1.88. The average Bonchev–Trinajstić information content (AvgIpc) is 1.87. The number of hydrogen-bond donors (Lipinski definition) is 0. The molecular weight excluding hydrogens is 141 g/mol. The smallest absolute Gasteiger partial charge is 0.123 e. The van der Waals surface area contributed by atoms with E-state index in [9.17, 15) is 0 Å². The van der Waals surface area contributed by atoms with Gasteiger partial charge in [-0.05, 0) is 39.3 Å². The molecule has 0 aromatic rings. The van der Waals surface area contributed by atoms with Crippen molar-refractivity contribution in [1.29, 1.82) is 0 Å². The van der Waals surface area contributed by atoms with E-state index in [0.717, 1.165) is 0 Å². The minimum Gasteiger partial charge on any atom is -0.268 e. The predicted molar refractivity (Wildman–Crippen MR) is 47.5 cm³/mol. The first-order valence-electron chi connectivity index (χ1n) is 3.04. The zero-order chi connectivity index (χ0) is 7.98. The largest absolute Gasteiger partial charge is 0.268 e. The standard InChI is InChI=1S/C8H12NP/c1-5-7-10(8-6-2)9(3)4/h1-4H3. The summed E-state index contributed by atoms with van der Waals surface area (Å²) in [6.45, 7) is 3.69. The van der Waals surface area contributed by atoms with Crippen LogP contribution in [0.4, 0.5) is 0 Å². The lowest BCUT2D eigenvalue weighted by atomic mass is 10.8. The van der Waals surface area contributed by atoms with Gasteiger partial charge in [-0.25, -0.2) is 0 Å². The summed E-state index contributed by atoms with van der Waals surface area (Å²) in [4.78, 5) is 0. The van der Waals surface area contributed by atoms with Crippen LogP contribution in [0.25, 0.3) is 0 Å². The van der Waals surface area contributed by atoms with Crippen LogP contribution in [0.15, 0.2) is 0 Å². The van der Waals surface area contributed by atoms with E-state index in [2.05, 4.69) is 27.8 Å². The van der Waals surface area contributed by atoms with Crippen molar-refractivity contribution < 1.29 is 0 Å². The Morgan fingerprint density at radius 1 is 1.00 bits per heavy atom. The van der Waals surface area contributed by atoms with E-state index in [-0.39, 0.29) is 0 Å². The molecule has 0 aromatic heterocycles. The van der Waals surface area contributed by atoms with Gasteiger partial charge in [-0.3, -0.25) is 4.67 Å². The molecule has 0 atom stereocenters. The normalized spacial score (nSPS) is 8.20. The van der Waals surface area contributed by atoms with Gasteiger partial charge in [0.2, 0.25) is 0 Å².